The third kappa shape index (κ3) is 4.38. The van der Waals surface area contributed by atoms with Crippen molar-refractivity contribution in [2.45, 2.75) is 13.3 Å². The van der Waals surface area contributed by atoms with Gasteiger partial charge in [0.25, 0.3) is 5.91 Å². The van der Waals surface area contributed by atoms with E-state index in [1.54, 1.807) is 49.3 Å². The smallest absolute Gasteiger partial charge is 0.359 e. The number of fused-ring (bicyclic) bond motifs is 1. The summed E-state index contributed by atoms with van der Waals surface area (Å²) < 4.78 is 12.0. The SMILES string of the molecule is CCOC(=O)c1nn(-c2ccc(OC)cc2)c2c1CCN(c1ccc(-c3ccccc3C=O)cc1)C2=O. The summed E-state index contributed by atoms with van der Waals surface area (Å²) in [5.41, 5.74) is 4.71. The van der Waals surface area contributed by atoms with Crippen LogP contribution in [0.15, 0.2) is 72.8 Å². The Kier molecular flexibility index (Phi) is 6.55. The molecule has 0 spiro atoms. The van der Waals surface area contributed by atoms with E-state index in [4.69, 9.17) is 9.47 Å². The van der Waals surface area contributed by atoms with Crippen LogP contribution in [0.3, 0.4) is 0 Å². The van der Waals surface area contributed by atoms with Gasteiger partial charge < -0.3 is 14.4 Å². The summed E-state index contributed by atoms with van der Waals surface area (Å²) in [6.07, 6.45) is 1.28. The number of aldehydes is 1. The first-order chi connectivity index (χ1) is 18.0. The molecule has 4 aromatic rings. The summed E-state index contributed by atoms with van der Waals surface area (Å²) in [4.78, 5) is 39.6. The number of benzene rings is 3. The Morgan fingerprint density at radius 2 is 1.70 bits per heavy atom. The van der Waals surface area contributed by atoms with Crippen LogP contribution in [0.2, 0.25) is 0 Å². The van der Waals surface area contributed by atoms with Gasteiger partial charge in [-0.2, -0.15) is 5.10 Å². The van der Waals surface area contributed by atoms with Crippen LogP contribution in [0.5, 0.6) is 5.75 Å². The summed E-state index contributed by atoms with van der Waals surface area (Å²) in [5.74, 6) is -0.147. The van der Waals surface area contributed by atoms with Gasteiger partial charge in [0.05, 0.1) is 19.4 Å². The van der Waals surface area contributed by atoms with Crippen molar-refractivity contribution in [1.29, 1.82) is 0 Å². The highest BCUT2D eigenvalue weighted by Crippen LogP contribution is 2.31. The first-order valence-electron chi connectivity index (χ1n) is 12.0. The number of carbonyl (C=O) groups excluding carboxylic acids is 3. The predicted molar refractivity (Wildman–Crippen MR) is 139 cm³/mol. The van der Waals surface area contributed by atoms with Crippen LogP contribution in [-0.2, 0) is 11.2 Å². The van der Waals surface area contributed by atoms with Gasteiger partial charge in [-0.05, 0) is 60.9 Å². The number of hydrogen-bond donors (Lipinski definition) is 0. The standard InChI is InChI=1S/C29H25N3O5/c1-3-37-29(35)26-25-16-17-31(21-10-8-19(9-11-21)24-7-5-4-6-20(24)18-33)28(34)27(25)32(30-26)22-12-14-23(36-2)15-13-22/h4-15,18H,3,16-17H2,1-2H3. The van der Waals surface area contributed by atoms with E-state index in [-0.39, 0.29) is 18.2 Å². The lowest BCUT2D eigenvalue weighted by molar-refractivity contribution is 0.0517. The monoisotopic (exact) mass is 495 g/mol. The maximum Gasteiger partial charge on any atom is 0.359 e. The molecule has 186 valence electrons. The molecule has 0 unspecified atom stereocenters. The fraction of sp³-hybridized carbons (Fsp3) is 0.172. The lowest BCUT2D eigenvalue weighted by atomic mass is 9.99. The van der Waals surface area contributed by atoms with Gasteiger partial charge in [-0.15, -0.1) is 0 Å². The summed E-state index contributed by atoms with van der Waals surface area (Å²) in [7, 11) is 1.58. The number of amides is 1. The molecule has 2 heterocycles. The van der Waals surface area contributed by atoms with E-state index in [9.17, 15) is 14.4 Å². The van der Waals surface area contributed by atoms with Crippen molar-refractivity contribution in [2.24, 2.45) is 0 Å². The van der Waals surface area contributed by atoms with Crippen LogP contribution in [-0.4, -0.2) is 48.2 Å². The molecule has 0 saturated carbocycles. The average molecular weight is 496 g/mol. The highest BCUT2D eigenvalue weighted by Gasteiger charge is 2.35. The largest absolute Gasteiger partial charge is 0.497 e. The minimum Gasteiger partial charge on any atom is -0.497 e. The van der Waals surface area contributed by atoms with Crippen molar-refractivity contribution >= 4 is 23.9 Å². The fourth-order valence-electron chi connectivity index (χ4n) is 4.56. The van der Waals surface area contributed by atoms with Gasteiger partial charge in [-0.25, -0.2) is 9.48 Å². The number of hydrogen-bond acceptors (Lipinski definition) is 6. The van der Waals surface area contributed by atoms with E-state index in [0.29, 0.717) is 46.9 Å². The molecule has 8 heteroatoms. The van der Waals surface area contributed by atoms with Crippen LogP contribution < -0.4 is 9.64 Å². The molecule has 1 aliphatic rings. The number of aromatic nitrogens is 2. The highest BCUT2D eigenvalue weighted by atomic mass is 16.5. The quantitative estimate of drug-likeness (QED) is 0.272. The van der Waals surface area contributed by atoms with E-state index in [0.717, 1.165) is 17.4 Å². The molecular weight excluding hydrogens is 470 g/mol. The molecular formula is C29H25N3O5. The molecule has 0 aliphatic carbocycles. The fourth-order valence-corrected chi connectivity index (χ4v) is 4.56. The summed E-state index contributed by atoms with van der Waals surface area (Å²) in [6.45, 7) is 2.33. The van der Waals surface area contributed by atoms with Gasteiger partial charge in [-0.1, -0.05) is 36.4 Å². The van der Waals surface area contributed by atoms with E-state index in [2.05, 4.69) is 5.10 Å². The van der Waals surface area contributed by atoms with Gasteiger partial charge in [0, 0.05) is 23.4 Å². The van der Waals surface area contributed by atoms with Crippen molar-refractivity contribution < 1.29 is 23.9 Å². The average Bonchev–Trinajstić information content (AvgIpc) is 3.34. The van der Waals surface area contributed by atoms with E-state index in [1.165, 1.54) is 4.68 Å². The van der Waals surface area contributed by atoms with Crippen LogP contribution in [0.1, 0.15) is 43.8 Å². The van der Waals surface area contributed by atoms with Crippen molar-refractivity contribution in [1.82, 2.24) is 9.78 Å². The Balaban J connectivity index is 1.53. The molecule has 1 aliphatic heterocycles. The number of rotatable bonds is 7. The highest BCUT2D eigenvalue weighted by molar-refractivity contribution is 6.09. The van der Waals surface area contributed by atoms with Crippen molar-refractivity contribution in [3.05, 3.63) is 95.3 Å². The second kappa shape index (κ2) is 10.1. The summed E-state index contributed by atoms with van der Waals surface area (Å²) in [5, 5.41) is 4.51. The number of carbonyl (C=O) groups is 3. The summed E-state index contributed by atoms with van der Waals surface area (Å²) in [6, 6.07) is 22.0. The van der Waals surface area contributed by atoms with Crippen LogP contribution >= 0.6 is 0 Å². The molecule has 0 saturated heterocycles. The van der Waals surface area contributed by atoms with Crippen LogP contribution in [0, 0.1) is 0 Å². The zero-order valence-electron chi connectivity index (χ0n) is 20.5. The number of esters is 1. The summed E-state index contributed by atoms with van der Waals surface area (Å²) >= 11 is 0. The van der Waals surface area contributed by atoms with E-state index >= 15 is 0 Å². The normalized spacial score (nSPS) is 12.7. The van der Waals surface area contributed by atoms with E-state index in [1.807, 2.05) is 42.5 Å². The first-order valence-corrected chi connectivity index (χ1v) is 12.0. The lowest BCUT2D eigenvalue weighted by Crippen LogP contribution is -2.39. The van der Waals surface area contributed by atoms with Crippen molar-refractivity contribution in [3.8, 4) is 22.6 Å². The molecule has 1 aromatic heterocycles. The van der Waals surface area contributed by atoms with Crippen LogP contribution in [0.25, 0.3) is 16.8 Å². The number of anilines is 1. The van der Waals surface area contributed by atoms with Crippen molar-refractivity contribution in [3.63, 3.8) is 0 Å². The first kappa shape index (κ1) is 24.0. The molecule has 0 fully saturated rings. The van der Waals surface area contributed by atoms with Gasteiger partial charge in [0.15, 0.2) is 12.0 Å². The number of nitrogens with zero attached hydrogens (tertiary/aromatic N) is 3. The predicted octanol–water partition coefficient (Wildman–Crippen LogP) is 4.74. The second-order valence-corrected chi connectivity index (χ2v) is 8.46. The van der Waals surface area contributed by atoms with E-state index < -0.39 is 5.97 Å². The molecule has 1 amide bonds. The molecule has 5 rings (SSSR count). The Morgan fingerprint density at radius 3 is 2.38 bits per heavy atom. The minimum absolute atomic E-state index is 0.154. The Labute approximate surface area is 214 Å². The molecule has 8 nitrogen and oxygen atoms in total. The maximum atomic E-state index is 13.8. The topological polar surface area (TPSA) is 90.7 Å². The number of ether oxygens (including phenoxy) is 2. The second-order valence-electron chi connectivity index (χ2n) is 8.46. The molecule has 0 bridgehead atoms. The third-order valence-electron chi connectivity index (χ3n) is 6.38. The van der Waals surface area contributed by atoms with Crippen molar-refractivity contribution in [2.75, 3.05) is 25.2 Å². The zero-order chi connectivity index (χ0) is 25.9. The maximum absolute atomic E-state index is 13.8. The van der Waals surface area contributed by atoms with Gasteiger partial charge in [-0.3, -0.25) is 9.59 Å². The molecule has 0 radical (unpaired) electrons. The minimum atomic E-state index is -0.551. The molecule has 0 atom stereocenters. The molecule has 3 aromatic carbocycles. The Bertz CT molecular complexity index is 1470. The van der Waals surface area contributed by atoms with Crippen LogP contribution in [0.4, 0.5) is 5.69 Å². The molecule has 0 N–H and O–H groups in total. The van der Waals surface area contributed by atoms with Gasteiger partial charge >= 0.3 is 5.97 Å². The van der Waals surface area contributed by atoms with Gasteiger partial charge in [0.1, 0.15) is 11.4 Å². The number of methoxy groups -OCH3 is 1. The Hall–Kier alpha value is -4.72. The Morgan fingerprint density at radius 1 is 1.00 bits per heavy atom. The molecule has 37 heavy (non-hydrogen) atoms. The zero-order valence-corrected chi connectivity index (χ0v) is 20.5. The lowest BCUT2D eigenvalue weighted by Gasteiger charge is -2.28. The van der Waals surface area contributed by atoms with Gasteiger partial charge in [0.2, 0.25) is 0 Å². The third-order valence-corrected chi connectivity index (χ3v) is 6.38.